The molecule has 1 aliphatic carbocycles. The van der Waals surface area contributed by atoms with Crippen molar-refractivity contribution in [2.75, 3.05) is 0 Å². The third-order valence-corrected chi connectivity index (χ3v) is 8.78. The fraction of sp³-hybridized carbons (Fsp3) is 0.0244. The van der Waals surface area contributed by atoms with Gasteiger partial charge in [-0.1, -0.05) is 133 Å². The van der Waals surface area contributed by atoms with Gasteiger partial charge in [0.15, 0.2) is 5.82 Å². The van der Waals surface area contributed by atoms with E-state index < -0.39 is 5.41 Å². The average molecular weight is 561 g/mol. The molecule has 3 nitrogen and oxygen atoms in total. The smallest absolute Gasteiger partial charge is 0.160 e. The van der Waals surface area contributed by atoms with E-state index in [2.05, 4.69) is 97.1 Å². The second-order valence-corrected chi connectivity index (χ2v) is 11.2. The molecule has 204 valence electrons. The number of para-hydroxylation sites is 2. The van der Waals surface area contributed by atoms with Crippen LogP contribution >= 0.6 is 0 Å². The molecule has 0 amide bonds. The number of benzene rings is 5. The summed E-state index contributed by atoms with van der Waals surface area (Å²) in [6.45, 7) is 0. The van der Waals surface area contributed by atoms with Gasteiger partial charge in [0, 0.05) is 27.8 Å². The Labute approximate surface area is 256 Å². The molecule has 1 aromatic heterocycles. The van der Waals surface area contributed by atoms with Crippen LogP contribution in [-0.4, -0.2) is 9.97 Å². The molecule has 0 unspecified atom stereocenters. The molecule has 3 heteroatoms. The van der Waals surface area contributed by atoms with Crippen LogP contribution in [0.3, 0.4) is 0 Å². The van der Waals surface area contributed by atoms with Crippen LogP contribution < -0.4 is 4.74 Å². The second-order valence-electron chi connectivity index (χ2n) is 11.2. The summed E-state index contributed by atoms with van der Waals surface area (Å²) in [5, 5.41) is 0. The minimum Gasteiger partial charge on any atom is -0.457 e. The van der Waals surface area contributed by atoms with Crippen LogP contribution in [0.5, 0.6) is 11.5 Å². The molecule has 2 aliphatic rings. The lowest BCUT2D eigenvalue weighted by molar-refractivity contribution is 0.436. The number of nitrogens with zero attached hydrogens (tertiary/aromatic N) is 2. The molecular formula is C41H24N2O. The van der Waals surface area contributed by atoms with Gasteiger partial charge in [-0.15, -0.1) is 0 Å². The van der Waals surface area contributed by atoms with Gasteiger partial charge in [-0.05, 0) is 41.0 Å². The highest BCUT2D eigenvalue weighted by Crippen LogP contribution is 2.61. The summed E-state index contributed by atoms with van der Waals surface area (Å²) in [4.78, 5) is 10.1. The summed E-state index contributed by atoms with van der Waals surface area (Å²) in [7, 11) is 0. The lowest BCUT2D eigenvalue weighted by atomic mass is 9.66. The molecule has 0 radical (unpaired) electrons. The molecule has 9 rings (SSSR count). The van der Waals surface area contributed by atoms with Gasteiger partial charge in [0.25, 0.3) is 0 Å². The van der Waals surface area contributed by atoms with Crippen molar-refractivity contribution in [1.82, 2.24) is 9.97 Å². The molecule has 2 heterocycles. The second kappa shape index (κ2) is 9.52. The molecule has 1 aliphatic heterocycles. The van der Waals surface area contributed by atoms with E-state index in [1.807, 2.05) is 60.7 Å². The number of fused-ring (bicyclic) bond motifs is 9. The van der Waals surface area contributed by atoms with Gasteiger partial charge in [-0.2, -0.15) is 0 Å². The molecule has 0 fully saturated rings. The maximum Gasteiger partial charge on any atom is 0.160 e. The number of hydrogen-bond donors (Lipinski definition) is 0. The first-order valence-corrected chi connectivity index (χ1v) is 14.8. The number of ether oxygens (including phenoxy) is 1. The topological polar surface area (TPSA) is 35.0 Å². The normalized spacial score (nSPS) is 13.2. The standard InChI is InChI=1S/C41H24N2O/c1-3-13-27(14-4-1)36-26-37(43-40(42-36)28-15-5-2-6-16-28)29-23-24-33-31(25-29)30-17-7-8-18-32(30)41(33)34-19-9-11-21-38(34)44-39-22-12-10-20-35(39)41/h1-22,25-26H. The Balaban J connectivity index is 1.30. The lowest BCUT2D eigenvalue weighted by Gasteiger charge is -2.38. The van der Waals surface area contributed by atoms with E-state index in [4.69, 9.17) is 14.7 Å². The molecule has 0 saturated carbocycles. The zero-order valence-electron chi connectivity index (χ0n) is 23.7. The molecule has 44 heavy (non-hydrogen) atoms. The summed E-state index contributed by atoms with van der Waals surface area (Å²) in [5.41, 5.74) is 10.8. The third kappa shape index (κ3) is 3.52. The molecule has 0 N–H and O–H groups in total. The van der Waals surface area contributed by atoms with Gasteiger partial charge >= 0.3 is 0 Å². The largest absolute Gasteiger partial charge is 0.457 e. The Kier molecular flexibility index (Phi) is 5.32. The van der Waals surface area contributed by atoms with Gasteiger partial charge in [0.05, 0.1) is 22.4 Å². The summed E-state index contributed by atoms with van der Waals surface area (Å²) < 4.78 is 6.46. The highest BCUT2D eigenvalue weighted by Gasteiger charge is 2.51. The highest BCUT2D eigenvalue weighted by atomic mass is 16.5. The van der Waals surface area contributed by atoms with Crippen LogP contribution in [0.25, 0.3) is 45.0 Å². The van der Waals surface area contributed by atoms with E-state index in [-0.39, 0.29) is 0 Å². The monoisotopic (exact) mass is 560 g/mol. The molecule has 6 aromatic carbocycles. The predicted molar refractivity (Wildman–Crippen MR) is 173 cm³/mol. The van der Waals surface area contributed by atoms with E-state index in [1.165, 1.54) is 11.1 Å². The van der Waals surface area contributed by atoms with Crippen LogP contribution in [0.15, 0.2) is 146 Å². The fourth-order valence-corrected chi connectivity index (χ4v) is 6.89. The molecular weight excluding hydrogens is 536 g/mol. The molecule has 7 aromatic rings. The van der Waals surface area contributed by atoms with Crippen LogP contribution in [0, 0.1) is 12.1 Å². The maximum absolute atomic E-state index is 6.46. The Morgan fingerprint density at radius 3 is 1.75 bits per heavy atom. The third-order valence-electron chi connectivity index (χ3n) is 8.78. The Bertz CT molecular complexity index is 2100. The lowest BCUT2D eigenvalue weighted by Crippen LogP contribution is -2.31. The average Bonchev–Trinajstić information content (AvgIpc) is 3.39. The van der Waals surface area contributed by atoms with Crippen LogP contribution in [0.1, 0.15) is 22.3 Å². The van der Waals surface area contributed by atoms with Gasteiger partial charge in [-0.3, -0.25) is 0 Å². The summed E-state index contributed by atoms with van der Waals surface area (Å²) in [5.74, 6) is 2.41. The first-order valence-electron chi connectivity index (χ1n) is 14.8. The first kappa shape index (κ1) is 24.6. The van der Waals surface area contributed by atoms with Gasteiger partial charge in [0.1, 0.15) is 11.5 Å². The van der Waals surface area contributed by atoms with Gasteiger partial charge < -0.3 is 4.74 Å². The van der Waals surface area contributed by atoms with Crippen molar-refractivity contribution in [2.45, 2.75) is 5.41 Å². The van der Waals surface area contributed by atoms with Crippen molar-refractivity contribution in [1.29, 1.82) is 0 Å². The Morgan fingerprint density at radius 1 is 0.477 bits per heavy atom. The van der Waals surface area contributed by atoms with Gasteiger partial charge in [0.2, 0.25) is 0 Å². The number of hydrogen-bond acceptors (Lipinski definition) is 3. The van der Waals surface area contributed by atoms with Crippen LogP contribution in [0.2, 0.25) is 0 Å². The summed E-state index contributed by atoms with van der Waals surface area (Å²) in [6, 6.07) is 57.3. The minimum absolute atomic E-state index is 0.567. The van der Waals surface area contributed by atoms with E-state index in [0.717, 1.165) is 61.8 Å². The molecule has 1 spiro atoms. The van der Waals surface area contributed by atoms with Crippen LogP contribution in [0.4, 0.5) is 0 Å². The van der Waals surface area contributed by atoms with Crippen molar-refractivity contribution >= 4 is 0 Å². The van der Waals surface area contributed by atoms with E-state index in [1.54, 1.807) is 0 Å². The van der Waals surface area contributed by atoms with E-state index >= 15 is 0 Å². The Morgan fingerprint density at radius 2 is 1.05 bits per heavy atom. The molecule has 0 saturated heterocycles. The van der Waals surface area contributed by atoms with Crippen molar-refractivity contribution in [3.63, 3.8) is 0 Å². The van der Waals surface area contributed by atoms with Gasteiger partial charge in [-0.25, -0.2) is 9.97 Å². The number of rotatable bonds is 3. The SMILES string of the molecule is c1c(-c2cc(-c3ccccc3)nc(-c3ccccc3)n2)cc2c(c#1)C1(c3ccccc3Oc3ccccc31)c1ccccc1-2. The predicted octanol–water partition coefficient (Wildman–Crippen LogP) is 9.55. The van der Waals surface area contributed by atoms with Crippen molar-refractivity contribution in [3.05, 3.63) is 180 Å². The fourth-order valence-electron chi connectivity index (χ4n) is 6.89. The minimum atomic E-state index is -0.567. The quantitative estimate of drug-likeness (QED) is 0.216. The summed E-state index contributed by atoms with van der Waals surface area (Å²) >= 11 is 0. The Hall–Kier alpha value is -5.98. The maximum atomic E-state index is 6.46. The summed E-state index contributed by atoms with van der Waals surface area (Å²) in [6.07, 6.45) is 0. The zero-order valence-corrected chi connectivity index (χ0v) is 23.7. The molecule has 0 bridgehead atoms. The van der Waals surface area contributed by atoms with E-state index in [0.29, 0.717) is 5.82 Å². The van der Waals surface area contributed by atoms with E-state index in [9.17, 15) is 0 Å². The van der Waals surface area contributed by atoms with Crippen molar-refractivity contribution in [2.24, 2.45) is 0 Å². The van der Waals surface area contributed by atoms with Crippen molar-refractivity contribution < 1.29 is 4.74 Å². The highest BCUT2D eigenvalue weighted by molar-refractivity contribution is 5.89. The first-order chi connectivity index (χ1) is 21.8. The zero-order chi connectivity index (χ0) is 29.1. The van der Waals surface area contributed by atoms with Crippen molar-refractivity contribution in [3.8, 4) is 56.5 Å². The van der Waals surface area contributed by atoms with Crippen LogP contribution in [-0.2, 0) is 5.41 Å². The molecule has 0 atom stereocenters. The number of aromatic nitrogens is 2.